The Bertz CT molecular complexity index is 241. The Labute approximate surface area is 114 Å². The van der Waals surface area contributed by atoms with Crippen LogP contribution in [0.5, 0.6) is 0 Å². The lowest BCUT2D eigenvalue weighted by molar-refractivity contribution is 0.189. The van der Waals surface area contributed by atoms with Gasteiger partial charge in [0, 0.05) is 6.04 Å². The van der Waals surface area contributed by atoms with Crippen LogP contribution in [-0.4, -0.2) is 37.1 Å². The topological polar surface area (TPSA) is 15.3 Å². The molecular weight excluding hydrogens is 220 g/mol. The molecule has 0 bridgehead atoms. The van der Waals surface area contributed by atoms with E-state index in [0.717, 1.165) is 12.0 Å². The van der Waals surface area contributed by atoms with Crippen LogP contribution in [-0.2, 0) is 0 Å². The monoisotopic (exact) mass is 252 g/mol. The lowest BCUT2D eigenvalue weighted by Crippen LogP contribution is -2.36. The van der Waals surface area contributed by atoms with Crippen LogP contribution < -0.4 is 5.32 Å². The average molecular weight is 252 g/mol. The van der Waals surface area contributed by atoms with Crippen LogP contribution in [0.4, 0.5) is 0 Å². The molecule has 1 N–H and O–H groups in total. The molecule has 1 saturated heterocycles. The maximum atomic E-state index is 3.76. The van der Waals surface area contributed by atoms with Crippen molar-refractivity contribution < 1.29 is 0 Å². The van der Waals surface area contributed by atoms with Crippen molar-refractivity contribution in [2.75, 3.05) is 26.2 Å². The summed E-state index contributed by atoms with van der Waals surface area (Å²) in [6.45, 7) is 12.4. The summed E-state index contributed by atoms with van der Waals surface area (Å²) in [5.74, 6) is 0.958. The van der Waals surface area contributed by atoms with Gasteiger partial charge in [-0.2, -0.15) is 0 Å². The number of nitrogens with zero attached hydrogens (tertiary/aromatic N) is 1. The van der Waals surface area contributed by atoms with Crippen LogP contribution in [0, 0.1) is 11.3 Å². The summed E-state index contributed by atoms with van der Waals surface area (Å²) in [6.07, 6.45) is 8.29. The van der Waals surface area contributed by atoms with Crippen LogP contribution in [0.2, 0.25) is 0 Å². The van der Waals surface area contributed by atoms with Gasteiger partial charge < -0.3 is 10.2 Å². The van der Waals surface area contributed by atoms with E-state index < -0.39 is 0 Å². The Kier molecular flexibility index (Phi) is 5.08. The quantitative estimate of drug-likeness (QED) is 0.755. The van der Waals surface area contributed by atoms with E-state index in [9.17, 15) is 0 Å². The number of hydrogen-bond donors (Lipinski definition) is 1. The lowest BCUT2D eigenvalue weighted by atomic mass is 9.92. The molecule has 2 aliphatic rings. The largest absolute Gasteiger partial charge is 0.314 e. The average Bonchev–Trinajstić information content (AvgIpc) is 2.67. The molecule has 1 saturated carbocycles. The number of hydrogen-bond acceptors (Lipinski definition) is 2. The predicted octanol–water partition coefficient (Wildman–Crippen LogP) is 3.28. The van der Waals surface area contributed by atoms with E-state index in [1.807, 2.05) is 0 Å². The maximum absolute atomic E-state index is 3.76. The lowest BCUT2D eigenvalue weighted by Gasteiger charge is -2.30. The van der Waals surface area contributed by atoms with Gasteiger partial charge in [-0.25, -0.2) is 0 Å². The standard InChI is InChI=1S/C16H32N2/c1-14-6-11-18(12-7-14)10-4-9-17-15-5-8-16(2,3)13-15/h14-15,17H,4-13H2,1-3H3. The Balaban J connectivity index is 1.51. The van der Waals surface area contributed by atoms with Crippen molar-refractivity contribution in [3.05, 3.63) is 0 Å². The maximum Gasteiger partial charge on any atom is 0.00723 e. The van der Waals surface area contributed by atoms with Gasteiger partial charge in [0.25, 0.3) is 0 Å². The first-order valence-corrected chi connectivity index (χ1v) is 8.01. The third-order valence-electron chi connectivity index (χ3n) is 4.93. The van der Waals surface area contributed by atoms with Crippen molar-refractivity contribution in [1.82, 2.24) is 10.2 Å². The fourth-order valence-corrected chi connectivity index (χ4v) is 3.50. The van der Waals surface area contributed by atoms with E-state index in [2.05, 4.69) is 31.0 Å². The zero-order valence-corrected chi connectivity index (χ0v) is 12.7. The predicted molar refractivity (Wildman–Crippen MR) is 78.9 cm³/mol. The fraction of sp³-hybridized carbons (Fsp3) is 1.00. The summed E-state index contributed by atoms with van der Waals surface area (Å²) in [7, 11) is 0. The van der Waals surface area contributed by atoms with Crippen molar-refractivity contribution in [1.29, 1.82) is 0 Å². The van der Waals surface area contributed by atoms with E-state index in [-0.39, 0.29) is 0 Å². The fourth-order valence-electron chi connectivity index (χ4n) is 3.50. The molecule has 1 aliphatic heterocycles. The SMILES string of the molecule is CC1CCN(CCCNC2CCC(C)(C)C2)CC1. The van der Waals surface area contributed by atoms with E-state index >= 15 is 0 Å². The van der Waals surface area contributed by atoms with Gasteiger partial charge in [0.15, 0.2) is 0 Å². The molecule has 2 rings (SSSR count). The van der Waals surface area contributed by atoms with Gasteiger partial charge in [0.2, 0.25) is 0 Å². The molecule has 0 aromatic rings. The summed E-state index contributed by atoms with van der Waals surface area (Å²) in [5, 5.41) is 3.76. The second-order valence-electron chi connectivity index (χ2n) is 7.44. The third-order valence-corrected chi connectivity index (χ3v) is 4.93. The highest BCUT2D eigenvalue weighted by Crippen LogP contribution is 2.36. The van der Waals surface area contributed by atoms with E-state index in [0.29, 0.717) is 5.41 Å². The molecular formula is C16H32N2. The molecule has 1 aliphatic carbocycles. The van der Waals surface area contributed by atoms with Crippen LogP contribution >= 0.6 is 0 Å². The highest BCUT2D eigenvalue weighted by atomic mass is 15.1. The van der Waals surface area contributed by atoms with Gasteiger partial charge in [0.1, 0.15) is 0 Å². The zero-order chi connectivity index (χ0) is 13.0. The molecule has 0 radical (unpaired) electrons. The number of nitrogens with one attached hydrogen (secondary N) is 1. The molecule has 0 amide bonds. The van der Waals surface area contributed by atoms with Crippen molar-refractivity contribution >= 4 is 0 Å². The number of likely N-dealkylation sites (tertiary alicyclic amines) is 1. The Morgan fingerprint density at radius 3 is 2.50 bits per heavy atom. The van der Waals surface area contributed by atoms with Crippen molar-refractivity contribution in [2.24, 2.45) is 11.3 Å². The summed E-state index contributed by atoms with van der Waals surface area (Å²) in [6, 6.07) is 0.793. The van der Waals surface area contributed by atoms with Gasteiger partial charge in [0.05, 0.1) is 0 Å². The van der Waals surface area contributed by atoms with Gasteiger partial charge in [-0.05, 0) is 76.0 Å². The van der Waals surface area contributed by atoms with E-state index in [1.165, 1.54) is 64.7 Å². The number of rotatable bonds is 5. The first kappa shape index (κ1) is 14.3. The summed E-state index contributed by atoms with van der Waals surface area (Å²) in [4.78, 5) is 2.65. The summed E-state index contributed by atoms with van der Waals surface area (Å²) in [5.41, 5.74) is 0.584. The first-order chi connectivity index (χ1) is 8.55. The number of piperidine rings is 1. The summed E-state index contributed by atoms with van der Waals surface area (Å²) < 4.78 is 0. The normalized spacial score (nSPS) is 29.8. The molecule has 1 heterocycles. The van der Waals surface area contributed by atoms with Crippen LogP contribution in [0.3, 0.4) is 0 Å². The molecule has 0 spiro atoms. The Hall–Kier alpha value is -0.0800. The first-order valence-electron chi connectivity index (χ1n) is 8.01. The zero-order valence-electron chi connectivity index (χ0n) is 12.7. The molecule has 1 unspecified atom stereocenters. The molecule has 2 nitrogen and oxygen atoms in total. The van der Waals surface area contributed by atoms with Crippen LogP contribution in [0.1, 0.15) is 59.3 Å². The third kappa shape index (κ3) is 4.55. The van der Waals surface area contributed by atoms with E-state index in [1.54, 1.807) is 0 Å². The Morgan fingerprint density at radius 1 is 1.17 bits per heavy atom. The molecule has 0 aromatic carbocycles. The van der Waals surface area contributed by atoms with Gasteiger partial charge in [-0.15, -0.1) is 0 Å². The highest BCUT2D eigenvalue weighted by molar-refractivity contribution is 4.86. The molecule has 2 fully saturated rings. The molecule has 106 valence electrons. The van der Waals surface area contributed by atoms with Gasteiger partial charge >= 0.3 is 0 Å². The van der Waals surface area contributed by atoms with Gasteiger partial charge in [-0.1, -0.05) is 20.8 Å². The van der Waals surface area contributed by atoms with Crippen molar-refractivity contribution in [3.63, 3.8) is 0 Å². The second kappa shape index (κ2) is 6.38. The van der Waals surface area contributed by atoms with Crippen molar-refractivity contribution in [3.8, 4) is 0 Å². The smallest absolute Gasteiger partial charge is 0.00723 e. The van der Waals surface area contributed by atoms with Gasteiger partial charge in [-0.3, -0.25) is 0 Å². The van der Waals surface area contributed by atoms with Crippen LogP contribution in [0.25, 0.3) is 0 Å². The second-order valence-corrected chi connectivity index (χ2v) is 7.44. The minimum atomic E-state index is 0.584. The Morgan fingerprint density at radius 2 is 1.89 bits per heavy atom. The minimum absolute atomic E-state index is 0.584. The molecule has 2 heteroatoms. The summed E-state index contributed by atoms with van der Waals surface area (Å²) >= 11 is 0. The molecule has 1 atom stereocenters. The highest BCUT2D eigenvalue weighted by Gasteiger charge is 2.30. The minimum Gasteiger partial charge on any atom is -0.314 e. The molecule has 18 heavy (non-hydrogen) atoms. The van der Waals surface area contributed by atoms with E-state index in [4.69, 9.17) is 0 Å². The molecule has 0 aromatic heterocycles. The van der Waals surface area contributed by atoms with Crippen LogP contribution in [0.15, 0.2) is 0 Å². The van der Waals surface area contributed by atoms with Crippen molar-refractivity contribution in [2.45, 2.75) is 65.3 Å².